The third-order valence-electron chi connectivity index (χ3n) is 6.36. The summed E-state index contributed by atoms with van der Waals surface area (Å²) in [6, 6.07) is 7.58. The molecule has 10 heteroatoms. The number of β-lactam (4-membered cyclic amide) rings is 1. The second kappa shape index (κ2) is 15.0. The van der Waals surface area contributed by atoms with Gasteiger partial charge < -0.3 is 9.47 Å². The standard InChI is InChI=1S/C28H34N2O8/c31-23(11-14-29-26(34)9-10-27(29)35)2-1-16-37-18-19-38-17-13-24(32)20-22-5-3-21(4-6-22)7-8-25(33)30-15-12-28(30)36/h3-6,9-10H,1-2,7-8,11-20H2. The Morgan fingerprint density at radius 3 is 2.03 bits per heavy atom. The van der Waals surface area contributed by atoms with Gasteiger partial charge >= 0.3 is 0 Å². The summed E-state index contributed by atoms with van der Waals surface area (Å²) in [4.78, 5) is 72.6. The van der Waals surface area contributed by atoms with Crippen LogP contribution in [0.5, 0.6) is 0 Å². The second-order valence-corrected chi connectivity index (χ2v) is 9.25. The Kier molecular flexibility index (Phi) is 11.5. The summed E-state index contributed by atoms with van der Waals surface area (Å²) >= 11 is 0. The van der Waals surface area contributed by atoms with E-state index in [0.717, 1.165) is 16.0 Å². The van der Waals surface area contributed by atoms with E-state index >= 15 is 0 Å². The molecule has 2 heterocycles. The monoisotopic (exact) mass is 526 g/mol. The highest BCUT2D eigenvalue weighted by atomic mass is 16.5. The van der Waals surface area contributed by atoms with Gasteiger partial charge in [-0.2, -0.15) is 0 Å². The van der Waals surface area contributed by atoms with Gasteiger partial charge in [0.25, 0.3) is 11.8 Å². The second-order valence-electron chi connectivity index (χ2n) is 9.25. The average molecular weight is 527 g/mol. The van der Waals surface area contributed by atoms with Crippen LogP contribution in [-0.2, 0) is 51.1 Å². The topological polar surface area (TPSA) is 127 Å². The van der Waals surface area contributed by atoms with Gasteiger partial charge in [-0.1, -0.05) is 24.3 Å². The number of ether oxygens (including phenoxy) is 2. The largest absolute Gasteiger partial charge is 0.379 e. The van der Waals surface area contributed by atoms with Gasteiger partial charge in [0.1, 0.15) is 11.6 Å². The van der Waals surface area contributed by atoms with Crippen molar-refractivity contribution in [2.24, 2.45) is 0 Å². The number of aryl methyl sites for hydroxylation is 1. The van der Waals surface area contributed by atoms with Crippen molar-refractivity contribution in [3.05, 3.63) is 47.5 Å². The number of rotatable bonds is 18. The van der Waals surface area contributed by atoms with Crippen LogP contribution in [0, 0.1) is 0 Å². The summed E-state index contributed by atoms with van der Waals surface area (Å²) in [5.41, 5.74) is 1.89. The third-order valence-corrected chi connectivity index (χ3v) is 6.36. The molecular weight excluding hydrogens is 492 g/mol. The summed E-state index contributed by atoms with van der Waals surface area (Å²) < 4.78 is 10.9. The number of imide groups is 2. The zero-order valence-electron chi connectivity index (χ0n) is 21.5. The molecule has 1 fully saturated rings. The normalized spacial score (nSPS) is 14.8. The van der Waals surface area contributed by atoms with Gasteiger partial charge in [0, 0.05) is 70.4 Å². The molecule has 1 saturated heterocycles. The van der Waals surface area contributed by atoms with Crippen molar-refractivity contribution in [2.45, 2.75) is 51.4 Å². The van der Waals surface area contributed by atoms with Crippen molar-refractivity contribution < 1.29 is 38.2 Å². The zero-order chi connectivity index (χ0) is 27.3. The number of carbonyl (C=O) groups excluding carboxylic acids is 6. The summed E-state index contributed by atoms with van der Waals surface area (Å²) in [6.45, 7) is 2.04. The Morgan fingerprint density at radius 1 is 0.737 bits per heavy atom. The molecule has 0 saturated carbocycles. The molecule has 0 N–H and O–H groups in total. The average Bonchev–Trinajstić information content (AvgIpc) is 3.21. The van der Waals surface area contributed by atoms with Crippen molar-refractivity contribution in [1.29, 1.82) is 0 Å². The van der Waals surface area contributed by atoms with Gasteiger partial charge in [0.2, 0.25) is 11.8 Å². The lowest BCUT2D eigenvalue weighted by Crippen LogP contribution is -2.47. The van der Waals surface area contributed by atoms with Gasteiger partial charge in [-0.15, -0.1) is 0 Å². The zero-order valence-corrected chi connectivity index (χ0v) is 21.5. The minimum absolute atomic E-state index is 0.0274. The van der Waals surface area contributed by atoms with Crippen LogP contribution in [0.4, 0.5) is 0 Å². The summed E-state index contributed by atoms with van der Waals surface area (Å²) in [7, 11) is 0. The Labute approximate surface area is 221 Å². The molecule has 4 amide bonds. The smallest absolute Gasteiger partial charge is 0.253 e. The molecule has 204 valence electrons. The van der Waals surface area contributed by atoms with Crippen LogP contribution in [-0.4, -0.2) is 84.5 Å². The number of Topliss-reactive ketones (excluding diaryl/α,β-unsaturated/α-hetero) is 2. The quantitative estimate of drug-likeness (QED) is 0.160. The van der Waals surface area contributed by atoms with Gasteiger partial charge in [0.05, 0.1) is 19.8 Å². The van der Waals surface area contributed by atoms with Gasteiger partial charge in [-0.3, -0.25) is 38.6 Å². The number of nitrogens with zero attached hydrogens (tertiary/aromatic N) is 2. The number of amides is 4. The molecule has 0 radical (unpaired) electrons. The van der Waals surface area contributed by atoms with E-state index < -0.39 is 0 Å². The highest BCUT2D eigenvalue weighted by Gasteiger charge is 2.29. The van der Waals surface area contributed by atoms with Crippen molar-refractivity contribution in [3.63, 3.8) is 0 Å². The predicted molar refractivity (Wildman–Crippen MR) is 136 cm³/mol. The SMILES string of the molecule is O=C(CCCOCCOCCC(=O)Cc1ccc(CCC(=O)N2CCC2=O)cc1)CCN1C(=O)C=CC1=O. The highest BCUT2D eigenvalue weighted by molar-refractivity contribution is 6.13. The van der Waals surface area contributed by atoms with Crippen molar-refractivity contribution in [1.82, 2.24) is 9.80 Å². The van der Waals surface area contributed by atoms with Crippen LogP contribution in [0.25, 0.3) is 0 Å². The molecule has 0 atom stereocenters. The first kappa shape index (κ1) is 29.1. The van der Waals surface area contributed by atoms with E-state index in [1.807, 2.05) is 24.3 Å². The third kappa shape index (κ3) is 9.42. The first-order valence-electron chi connectivity index (χ1n) is 13.0. The van der Waals surface area contributed by atoms with E-state index in [0.29, 0.717) is 77.9 Å². The van der Waals surface area contributed by atoms with Crippen LogP contribution in [0.2, 0.25) is 0 Å². The molecule has 3 rings (SSSR count). The number of likely N-dealkylation sites (tertiary alicyclic amines) is 1. The Bertz CT molecular complexity index is 1050. The van der Waals surface area contributed by atoms with Crippen molar-refractivity contribution in [2.75, 3.05) is 39.5 Å². The molecule has 1 aromatic rings. The number of ketones is 2. The van der Waals surface area contributed by atoms with Crippen LogP contribution < -0.4 is 0 Å². The first-order valence-corrected chi connectivity index (χ1v) is 13.0. The van der Waals surface area contributed by atoms with Gasteiger partial charge in [0.15, 0.2) is 0 Å². The molecule has 1 aromatic carbocycles. The van der Waals surface area contributed by atoms with E-state index in [4.69, 9.17) is 9.47 Å². The molecule has 38 heavy (non-hydrogen) atoms. The lowest BCUT2D eigenvalue weighted by atomic mass is 10.0. The van der Waals surface area contributed by atoms with E-state index in [9.17, 15) is 28.8 Å². The van der Waals surface area contributed by atoms with Gasteiger partial charge in [-0.25, -0.2) is 0 Å². The lowest BCUT2D eigenvalue weighted by molar-refractivity contribution is -0.152. The van der Waals surface area contributed by atoms with Crippen LogP contribution in [0.3, 0.4) is 0 Å². The molecule has 10 nitrogen and oxygen atoms in total. The Morgan fingerprint density at radius 2 is 1.39 bits per heavy atom. The van der Waals surface area contributed by atoms with Crippen molar-refractivity contribution in [3.8, 4) is 0 Å². The van der Waals surface area contributed by atoms with Crippen LogP contribution in [0.15, 0.2) is 36.4 Å². The summed E-state index contributed by atoms with van der Waals surface area (Å²) in [6.07, 6.45) is 5.32. The van der Waals surface area contributed by atoms with E-state index in [1.165, 1.54) is 17.1 Å². The maximum absolute atomic E-state index is 12.2. The first-order chi connectivity index (χ1) is 18.3. The molecule has 0 bridgehead atoms. The predicted octanol–water partition coefficient (Wildman–Crippen LogP) is 1.58. The molecular formula is C28H34N2O8. The number of carbonyl (C=O) groups is 6. The molecule has 0 spiro atoms. The summed E-state index contributed by atoms with van der Waals surface area (Å²) in [5, 5.41) is 0. The molecule has 0 aromatic heterocycles. The fourth-order valence-corrected chi connectivity index (χ4v) is 4.00. The molecule has 0 unspecified atom stereocenters. The molecule has 2 aliphatic heterocycles. The minimum atomic E-state index is -0.383. The van der Waals surface area contributed by atoms with E-state index in [-0.39, 0.29) is 48.2 Å². The van der Waals surface area contributed by atoms with Crippen LogP contribution in [0.1, 0.15) is 49.7 Å². The molecule has 2 aliphatic rings. The fraction of sp³-hybridized carbons (Fsp3) is 0.500. The number of hydrogen-bond donors (Lipinski definition) is 0. The van der Waals surface area contributed by atoms with E-state index in [2.05, 4.69) is 0 Å². The highest BCUT2D eigenvalue weighted by Crippen LogP contribution is 2.14. The fourth-order valence-electron chi connectivity index (χ4n) is 4.00. The maximum atomic E-state index is 12.2. The minimum Gasteiger partial charge on any atom is -0.379 e. The van der Waals surface area contributed by atoms with Gasteiger partial charge in [-0.05, 0) is 24.0 Å². The number of benzene rings is 1. The van der Waals surface area contributed by atoms with Crippen LogP contribution >= 0.6 is 0 Å². The number of hydrogen-bond acceptors (Lipinski definition) is 8. The summed E-state index contributed by atoms with van der Waals surface area (Å²) in [5.74, 6) is -0.969. The Hall–Kier alpha value is -3.50. The Balaban J connectivity index is 1.15. The van der Waals surface area contributed by atoms with Crippen molar-refractivity contribution >= 4 is 35.2 Å². The maximum Gasteiger partial charge on any atom is 0.253 e. The lowest BCUT2D eigenvalue weighted by Gasteiger charge is -2.28. The van der Waals surface area contributed by atoms with E-state index in [1.54, 1.807) is 0 Å². The molecule has 0 aliphatic carbocycles.